The highest BCUT2D eigenvalue weighted by Gasteiger charge is 2.29. The molecule has 0 fully saturated rings. The summed E-state index contributed by atoms with van der Waals surface area (Å²) in [6.45, 7) is -0.777. The van der Waals surface area contributed by atoms with E-state index in [-0.39, 0.29) is 16.3 Å². The lowest BCUT2D eigenvalue weighted by Crippen LogP contribution is -2.13. The van der Waals surface area contributed by atoms with E-state index in [9.17, 15) is 23.3 Å². The SMILES string of the molecule is O=[N+]([O-])c1ccc(COC(F)(F)F)c(Cl)c1. The van der Waals surface area contributed by atoms with Crippen molar-refractivity contribution >= 4 is 17.3 Å². The molecule has 4 nitrogen and oxygen atoms in total. The van der Waals surface area contributed by atoms with Crippen LogP contribution in [0.4, 0.5) is 18.9 Å². The third-order valence-electron chi connectivity index (χ3n) is 1.64. The Bertz CT molecular complexity index is 408. The van der Waals surface area contributed by atoms with Crippen molar-refractivity contribution in [1.82, 2.24) is 0 Å². The van der Waals surface area contributed by atoms with Crippen molar-refractivity contribution in [3.05, 3.63) is 38.9 Å². The summed E-state index contributed by atoms with van der Waals surface area (Å²) in [5.74, 6) is 0. The molecule has 1 rings (SSSR count). The van der Waals surface area contributed by atoms with Gasteiger partial charge in [0, 0.05) is 12.1 Å². The molecule has 0 bridgehead atoms. The first-order chi connectivity index (χ1) is 7.29. The monoisotopic (exact) mass is 255 g/mol. The highest BCUT2D eigenvalue weighted by molar-refractivity contribution is 6.31. The number of non-ortho nitro benzene ring substituents is 1. The van der Waals surface area contributed by atoms with Gasteiger partial charge in [-0.25, -0.2) is 0 Å². The van der Waals surface area contributed by atoms with Crippen LogP contribution < -0.4 is 0 Å². The van der Waals surface area contributed by atoms with Crippen LogP contribution in [0.25, 0.3) is 0 Å². The third-order valence-corrected chi connectivity index (χ3v) is 1.99. The average Bonchev–Trinajstić information content (AvgIpc) is 2.14. The predicted octanol–water partition coefficient (Wildman–Crippen LogP) is 3.28. The number of nitrogens with zero attached hydrogens (tertiary/aromatic N) is 1. The van der Waals surface area contributed by atoms with Crippen LogP contribution in [0, 0.1) is 10.1 Å². The Labute approximate surface area is 92.7 Å². The summed E-state index contributed by atoms with van der Waals surface area (Å²) in [7, 11) is 0. The molecule has 0 radical (unpaired) electrons. The molecule has 0 atom stereocenters. The lowest BCUT2D eigenvalue weighted by atomic mass is 10.2. The van der Waals surface area contributed by atoms with E-state index >= 15 is 0 Å². The van der Waals surface area contributed by atoms with Crippen molar-refractivity contribution in [2.45, 2.75) is 13.0 Å². The van der Waals surface area contributed by atoms with Gasteiger partial charge in [0.25, 0.3) is 5.69 Å². The molecular weight excluding hydrogens is 251 g/mol. The summed E-state index contributed by atoms with van der Waals surface area (Å²) >= 11 is 5.55. The molecule has 0 aliphatic rings. The molecule has 0 aliphatic heterocycles. The molecule has 88 valence electrons. The molecule has 0 saturated heterocycles. The van der Waals surface area contributed by atoms with E-state index in [0.29, 0.717) is 0 Å². The number of benzene rings is 1. The van der Waals surface area contributed by atoms with Crippen molar-refractivity contribution in [3.63, 3.8) is 0 Å². The standard InChI is InChI=1S/C8H5ClF3NO3/c9-7-3-6(13(14)15)2-1-5(7)4-16-8(10,11)12/h1-3H,4H2. The van der Waals surface area contributed by atoms with Crippen LogP contribution in [-0.4, -0.2) is 11.3 Å². The highest BCUT2D eigenvalue weighted by Crippen LogP contribution is 2.25. The Morgan fingerprint density at radius 3 is 2.50 bits per heavy atom. The van der Waals surface area contributed by atoms with Gasteiger partial charge in [-0.3, -0.25) is 14.9 Å². The highest BCUT2D eigenvalue weighted by atomic mass is 35.5. The summed E-state index contributed by atoms with van der Waals surface area (Å²) in [5.41, 5.74) is -0.259. The van der Waals surface area contributed by atoms with Crippen molar-refractivity contribution < 1.29 is 22.8 Å². The molecule has 0 aliphatic carbocycles. The smallest absolute Gasteiger partial charge is 0.287 e. The molecule has 16 heavy (non-hydrogen) atoms. The summed E-state index contributed by atoms with van der Waals surface area (Å²) < 4.78 is 38.7. The van der Waals surface area contributed by atoms with Gasteiger partial charge in [-0.2, -0.15) is 0 Å². The summed E-state index contributed by atoms with van der Waals surface area (Å²) in [5, 5.41) is 10.2. The van der Waals surface area contributed by atoms with Crippen molar-refractivity contribution in [2.24, 2.45) is 0 Å². The van der Waals surface area contributed by atoms with Crippen LogP contribution in [0.5, 0.6) is 0 Å². The second-order valence-electron chi connectivity index (χ2n) is 2.77. The zero-order chi connectivity index (χ0) is 12.3. The lowest BCUT2D eigenvalue weighted by Gasteiger charge is -2.08. The van der Waals surface area contributed by atoms with Crippen LogP contribution >= 0.6 is 11.6 Å². The molecule has 0 N–H and O–H groups in total. The minimum Gasteiger partial charge on any atom is -0.287 e. The van der Waals surface area contributed by atoms with E-state index in [0.717, 1.165) is 18.2 Å². The molecule has 0 unspecified atom stereocenters. The average molecular weight is 256 g/mol. The van der Waals surface area contributed by atoms with Gasteiger partial charge in [0.05, 0.1) is 16.6 Å². The molecule has 0 spiro atoms. The van der Waals surface area contributed by atoms with E-state index in [2.05, 4.69) is 4.74 Å². The number of halogens is 4. The maximum atomic E-state index is 11.7. The maximum absolute atomic E-state index is 11.7. The molecule has 0 aromatic heterocycles. The second-order valence-corrected chi connectivity index (χ2v) is 3.17. The van der Waals surface area contributed by atoms with Crippen molar-refractivity contribution in [3.8, 4) is 0 Å². The van der Waals surface area contributed by atoms with Crippen molar-refractivity contribution in [2.75, 3.05) is 0 Å². The first kappa shape index (κ1) is 12.7. The Morgan fingerprint density at radius 2 is 2.06 bits per heavy atom. The fourth-order valence-corrected chi connectivity index (χ4v) is 1.16. The van der Waals surface area contributed by atoms with Crippen LogP contribution in [0.15, 0.2) is 18.2 Å². The molecule has 1 aromatic carbocycles. The first-order valence-electron chi connectivity index (χ1n) is 3.93. The van der Waals surface area contributed by atoms with E-state index in [1.54, 1.807) is 0 Å². The quantitative estimate of drug-likeness (QED) is 0.615. The van der Waals surface area contributed by atoms with E-state index in [1.165, 1.54) is 0 Å². The maximum Gasteiger partial charge on any atom is 0.522 e. The minimum atomic E-state index is -4.76. The lowest BCUT2D eigenvalue weighted by molar-refractivity contribution is -0.384. The Kier molecular flexibility index (Phi) is 3.71. The van der Waals surface area contributed by atoms with E-state index < -0.39 is 17.9 Å². The summed E-state index contributed by atoms with van der Waals surface area (Å²) in [6.07, 6.45) is -4.76. The van der Waals surface area contributed by atoms with Crippen molar-refractivity contribution in [1.29, 1.82) is 0 Å². The number of hydrogen-bond donors (Lipinski definition) is 0. The number of ether oxygens (including phenoxy) is 1. The van der Waals surface area contributed by atoms with Crippen LogP contribution in [0.2, 0.25) is 5.02 Å². The van der Waals surface area contributed by atoms with Crippen LogP contribution in [-0.2, 0) is 11.3 Å². The van der Waals surface area contributed by atoms with Crippen LogP contribution in [0.1, 0.15) is 5.56 Å². The zero-order valence-corrected chi connectivity index (χ0v) is 8.38. The van der Waals surface area contributed by atoms with E-state index in [1.807, 2.05) is 0 Å². The topological polar surface area (TPSA) is 52.4 Å². The van der Waals surface area contributed by atoms with Gasteiger partial charge in [0.2, 0.25) is 0 Å². The summed E-state index contributed by atoms with van der Waals surface area (Å²) in [6, 6.07) is 3.14. The van der Waals surface area contributed by atoms with Gasteiger partial charge < -0.3 is 0 Å². The third kappa shape index (κ3) is 3.67. The molecule has 8 heteroatoms. The number of rotatable bonds is 3. The molecule has 0 saturated carbocycles. The normalized spacial score (nSPS) is 11.5. The van der Waals surface area contributed by atoms with Gasteiger partial charge in [-0.05, 0) is 11.6 Å². The van der Waals surface area contributed by atoms with Gasteiger partial charge in [0.15, 0.2) is 0 Å². The number of alkyl halides is 3. The van der Waals surface area contributed by atoms with Crippen LogP contribution in [0.3, 0.4) is 0 Å². The van der Waals surface area contributed by atoms with Gasteiger partial charge >= 0.3 is 6.36 Å². The zero-order valence-electron chi connectivity index (χ0n) is 7.62. The predicted molar refractivity (Wildman–Crippen MR) is 49.0 cm³/mol. The Balaban J connectivity index is 2.80. The fourth-order valence-electron chi connectivity index (χ4n) is 0.926. The Hall–Kier alpha value is -1.34. The second kappa shape index (κ2) is 4.67. The van der Waals surface area contributed by atoms with Gasteiger partial charge in [-0.1, -0.05) is 11.6 Å². The molecular formula is C8H5ClF3NO3. The number of nitro benzene ring substituents is 1. The first-order valence-corrected chi connectivity index (χ1v) is 4.31. The Morgan fingerprint density at radius 1 is 1.44 bits per heavy atom. The number of nitro groups is 1. The molecule has 1 aromatic rings. The number of hydrogen-bond acceptors (Lipinski definition) is 3. The molecule has 0 heterocycles. The van der Waals surface area contributed by atoms with Gasteiger partial charge in [-0.15, -0.1) is 13.2 Å². The minimum absolute atomic E-state index is 0.0320. The summed E-state index contributed by atoms with van der Waals surface area (Å²) in [4.78, 5) is 9.62. The van der Waals surface area contributed by atoms with E-state index in [4.69, 9.17) is 11.6 Å². The molecule has 0 amide bonds. The largest absolute Gasteiger partial charge is 0.522 e. The fraction of sp³-hybridized carbons (Fsp3) is 0.250. The van der Waals surface area contributed by atoms with Gasteiger partial charge in [0.1, 0.15) is 0 Å².